The van der Waals surface area contributed by atoms with Gasteiger partial charge in [-0.1, -0.05) is 0 Å². The Morgan fingerprint density at radius 2 is 2.21 bits per heavy atom. The average molecular weight is 266 g/mol. The molecule has 1 aliphatic carbocycles. The molecule has 0 unspecified atom stereocenters. The van der Waals surface area contributed by atoms with E-state index in [-0.39, 0.29) is 19.0 Å². The summed E-state index contributed by atoms with van der Waals surface area (Å²) in [5, 5.41) is 11.5. The lowest BCUT2D eigenvalue weighted by molar-refractivity contribution is -0.138. The van der Waals surface area contributed by atoms with E-state index in [0.29, 0.717) is 24.8 Å². The molecule has 6 nitrogen and oxygen atoms in total. The van der Waals surface area contributed by atoms with Crippen molar-refractivity contribution in [2.24, 2.45) is 5.92 Å². The van der Waals surface area contributed by atoms with Crippen molar-refractivity contribution in [2.75, 3.05) is 19.6 Å². The molecule has 1 amide bonds. The molecule has 1 aliphatic rings. The molecule has 1 saturated carbocycles. The lowest BCUT2D eigenvalue weighted by Crippen LogP contribution is -2.40. The fourth-order valence-electron chi connectivity index (χ4n) is 1.90. The van der Waals surface area contributed by atoms with E-state index < -0.39 is 5.97 Å². The third-order valence-electron chi connectivity index (χ3n) is 2.98. The second-order valence-corrected chi connectivity index (χ2v) is 4.86. The molecule has 104 valence electrons. The zero-order valence-corrected chi connectivity index (χ0v) is 10.7. The van der Waals surface area contributed by atoms with E-state index in [0.717, 1.165) is 12.8 Å². The van der Waals surface area contributed by atoms with Gasteiger partial charge < -0.3 is 14.8 Å². The van der Waals surface area contributed by atoms with Gasteiger partial charge in [0, 0.05) is 6.54 Å². The molecule has 2 N–H and O–H groups in total. The lowest BCUT2D eigenvalue weighted by atomic mass is 10.3. The van der Waals surface area contributed by atoms with Gasteiger partial charge in [-0.15, -0.1) is 0 Å². The van der Waals surface area contributed by atoms with Gasteiger partial charge in [-0.25, -0.2) is 0 Å². The number of aliphatic carboxylic acids is 1. The molecular weight excluding hydrogens is 248 g/mol. The van der Waals surface area contributed by atoms with Crippen molar-refractivity contribution in [1.82, 2.24) is 10.2 Å². The molecule has 1 aromatic heterocycles. The zero-order valence-electron chi connectivity index (χ0n) is 10.7. The lowest BCUT2D eigenvalue weighted by Gasteiger charge is -2.19. The molecule has 0 aliphatic heterocycles. The van der Waals surface area contributed by atoms with Crippen LogP contribution in [0.25, 0.3) is 0 Å². The first-order chi connectivity index (χ1) is 9.13. The molecule has 0 bridgehead atoms. The van der Waals surface area contributed by atoms with Crippen LogP contribution in [-0.4, -0.2) is 41.5 Å². The monoisotopic (exact) mass is 266 g/mol. The van der Waals surface area contributed by atoms with Crippen LogP contribution in [0.4, 0.5) is 0 Å². The highest BCUT2D eigenvalue weighted by Crippen LogP contribution is 2.29. The summed E-state index contributed by atoms with van der Waals surface area (Å²) in [5.74, 6) is 0.148. The van der Waals surface area contributed by atoms with E-state index in [1.165, 1.54) is 0 Å². The molecule has 1 aromatic rings. The fourth-order valence-corrected chi connectivity index (χ4v) is 1.90. The van der Waals surface area contributed by atoms with Crippen LogP contribution in [0.15, 0.2) is 22.8 Å². The van der Waals surface area contributed by atoms with Crippen LogP contribution >= 0.6 is 0 Å². The molecule has 6 heteroatoms. The highest BCUT2D eigenvalue weighted by Gasteiger charge is 2.26. The Morgan fingerprint density at radius 1 is 1.42 bits per heavy atom. The van der Waals surface area contributed by atoms with Crippen LogP contribution < -0.4 is 5.32 Å². The van der Waals surface area contributed by atoms with Gasteiger partial charge in [0.25, 0.3) is 0 Å². The normalized spacial score (nSPS) is 14.6. The van der Waals surface area contributed by atoms with E-state index in [1.807, 2.05) is 0 Å². The van der Waals surface area contributed by atoms with Crippen LogP contribution in [0.1, 0.15) is 18.6 Å². The second-order valence-electron chi connectivity index (χ2n) is 4.86. The number of carboxylic acid groups (broad SMARTS) is 1. The van der Waals surface area contributed by atoms with Gasteiger partial charge in [0.15, 0.2) is 0 Å². The predicted molar refractivity (Wildman–Crippen MR) is 67.4 cm³/mol. The van der Waals surface area contributed by atoms with Crippen LogP contribution in [0.3, 0.4) is 0 Å². The summed E-state index contributed by atoms with van der Waals surface area (Å²) in [4.78, 5) is 24.2. The molecule has 2 rings (SSSR count). The minimum Gasteiger partial charge on any atom is -0.480 e. The Balaban J connectivity index is 1.74. The second kappa shape index (κ2) is 6.38. The zero-order chi connectivity index (χ0) is 13.7. The van der Waals surface area contributed by atoms with Crippen molar-refractivity contribution < 1.29 is 19.1 Å². The third kappa shape index (κ3) is 5.13. The number of nitrogens with one attached hydrogen (secondary N) is 1. The van der Waals surface area contributed by atoms with Gasteiger partial charge in [0.05, 0.1) is 25.9 Å². The van der Waals surface area contributed by atoms with E-state index >= 15 is 0 Å². The number of rotatable bonds is 8. The highest BCUT2D eigenvalue weighted by molar-refractivity contribution is 5.78. The molecule has 0 radical (unpaired) electrons. The number of furan rings is 1. The van der Waals surface area contributed by atoms with Gasteiger partial charge in [0.1, 0.15) is 5.76 Å². The number of amides is 1. The Morgan fingerprint density at radius 3 is 2.79 bits per heavy atom. The third-order valence-corrected chi connectivity index (χ3v) is 2.98. The Labute approximate surface area is 111 Å². The summed E-state index contributed by atoms with van der Waals surface area (Å²) < 4.78 is 5.11. The van der Waals surface area contributed by atoms with Gasteiger partial charge >= 0.3 is 5.97 Å². The highest BCUT2D eigenvalue weighted by atomic mass is 16.4. The van der Waals surface area contributed by atoms with Crippen LogP contribution in [0, 0.1) is 5.92 Å². The number of carboxylic acids is 1. The van der Waals surface area contributed by atoms with Crippen molar-refractivity contribution in [3.63, 3.8) is 0 Å². The maximum atomic E-state index is 11.7. The Kier molecular flexibility index (Phi) is 4.57. The molecule has 19 heavy (non-hydrogen) atoms. The van der Waals surface area contributed by atoms with Crippen LogP contribution in [0.2, 0.25) is 0 Å². The van der Waals surface area contributed by atoms with Gasteiger partial charge in [-0.05, 0) is 30.9 Å². The van der Waals surface area contributed by atoms with E-state index in [4.69, 9.17) is 9.52 Å². The predicted octanol–water partition coefficient (Wildman–Crippen LogP) is 0.692. The standard InChI is InChI=1S/C13H18N2O4/c16-12(14-6-11-2-1-5-19-11)8-15(9-13(17)18)7-10-3-4-10/h1-2,5,10H,3-4,6-9H2,(H,14,16)(H,17,18). The van der Waals surface area contributed by atoms with E-state index in [9.17, 15) is 9.59 Å². The summed E-state index contributed by atoms with van der Waals surface area (Å²) in [5.41, 5.74) is 0. The van der Waals surface area contributed by atoms with Crippen molar-refractivity contribution in [3.05, 3.63) is 24.2 Å². The minimum atomic E-state index is -0.903. The van der Waals surface area contributed by atoms with Gasteiger partial charge in [0.2, 0.25) is 5.91 Å². The summed E-state index contributed by atoms with van der Waals surface area (Å²) in [6.07, 6.45) is 3.81. The average Bonchev–Trinajstić information content (AvgIpc) is 2.99. The van der Waals surface area contributed by atoms with Gasteiger partial charge in [-0.2, -0.15) is 0 Å². The number of carbonyl (C=O) groups excluding carboxylic acids is 1. The summed E-state index contributed by atoms with van der Waals surface area (Å²) in [6, 6.07) is 3.53. The Hall–Kier alpha value is -1.82. The molecule has 0 aromatic carbocycles. The maximum Gasteiger partial charge on any atom is 0.317 e. The first kappa shape index (κ1) is 13.6. The molecule has 0 spiro atoms. The largest absolute Gasteiger partial charge is 0.480 e. The minimum absolute atomic E-state index is 0.0926. The van der Waals surface area contributed by atoms with Crippen LogP contribution in [0.5, 0.6) is 0 Å². The van der Waals surface area contributed by atoms with E-state index in [1.54, 1.807) is 23.3 Å². The number of nitrogens with zero attached hydrogens (tertiary/aromatic N) is 1. The summed E-state index contributed by atoms with van der Waals surface area (Å²) in [6.45, 7) is 1.03. The summed E-state index contributed by atoms with van der Waals surface area (Å²) >= 11 is 0. The van der Waals surface area contributed by atoms with Crippen LogP contribution in [-0.2, 0) is 16.1 Å². The van der Waals surface area contributed by atoms with E-state index in [2.05, 4.69) is 5.32 Å². The first-order valence-corrected chi connectivity index (χ1v) is 6.36. The molecule has 1 heterocycles. The molecule has 1 fully saturated rings. The van der Waals surface area contributed by atoms with Gasteiger partial charge in [-0.3, -0.25) is 14.5 Å². The maximum absolute atomic E-state index is 11.7. The summed E-state index contributed by atoms with van der Waals surface area (Å²) in [7, 11) is 0. The number of carbonyl (C=O) groups is 2. The smallest absolute Gasteiger partial charge is 0.317 e. The SMILES string of the molecule is O=C(O)CN(CC(=O)NCc1ccco1)CC1CC1. The first-order valence-electron chi connectivity index (χ1n) is 6.36. The Bertz CT molecular complexity index is 426. The molecule has 0 saturated heterocycles. The number of hydrogen-bond acceptors (Lipinski definition) is 4. The molecule has 0 atom stereocenters. The van der Waals surface area contributed by atoms with Crippen molar-refractivity contribution in [1.29, 1.82) is 0 Å². The fraction of sp³-hybridized carbons (Fsp3) is 0.538. The quantitative estimate of drug-likeness (QED) is 0.723. The number of hydrogen-bond donors (Lipinski definition) is 2. The topological polar surface area (TPSA) is 82.8 Å². The van der Waals surface area contributed by atoms with Crippen molar-refractivity contribution in [3.8, 4) is 0 Å². The van der Waals surface area contributed by atoms with Crippen molar-refractivity contribution in [2.45, 2.75) is 19.4 Å². The van der Waals surface area contributed by atoms with Crippen molar-refractivity contribution >= 4 is 11.9 Å². The molecular formula is C13H18N2O4.